The smallest absolute Gasteiger partial charge is 0.410 e. The highest BCUT2D eigenvalue weighted by Crippen LogP contribution is 2.43. The predicted molar refractivity (Wildman–Crippen MR) is 333 cm³/mol. The number of hydrogen-bond acceptors (Lipinski definition) is 17. The van der Waals surface area contributed by atoms with E-state index in [0.29, 0.717) is 65.2 Å². The van der Waals surface area contributed by atoms with Gasteiger partial charge in [-0.1, -0.05) is 80.9 Å². The number of aryl methyl sites for hydroxylation is 1. The summed E-state index contributed by atoms with van der Waals surface area (Å²) >= 11 is 8.51. The lowest BCUT2D eigenvalue weighted by atomic mass is 9.85. The summed E-state index contributed by atoms with van der Waals surface area (Å²) in [6.45, 7) is 17.1. The first kappa shape index (κ1) is 63.8. The number of amides is 4. The van der Waals surface area contributed by atoms with Gasteiger partial charge in [-0.2, -0.15) is 4.98 Å². The van der Waals surface area contributed by atoms with Crippen LogP contribution in [0.1, 0.15) is 72.2 Å². The zero-order chi connectivity index (χ0) is 62.2. The number of carbonyl (C=O) groups is 4. The summed E-state index contributed by atoms with van der Waals surface area (Å²) in [6.07, 6.45) is -1.26. The molecule has 23 heteroatoms. The normalized spacial score (nSPS) is 16.2. The summed E-state index contributed by atoms with van der Waals surface area (Å²) in [4.78, 5) is 73.8. The molecule has 462 valence electrons. The molecule has 5 aromatic carbocycles. The van der Waals surface area contributed by atoms with E-state index in [2.05, 4.69) is 20.9 Å². The first-order valence-electron chi connectivity index (χ1n) is 29.0. The van der Waals surface area contributed by atoms with E-state index in [1.165, 1.54) is 11.0 Å². The molecule has 2 saturated heterocycles. The molecule has 4 atom stereocenters. The van der Waals surface area contributed by atoms with Crippen LogP contribution in [0.2, 0.25) is 5.02 Å². The fourth-order valence-electron chi connectivity index (χ4n) is 10.5. The van der Waals surface area contributed by atoms with Crippen LogP contribution in [0.4, 0.5) is 26.6 Å². The highest BCUT2D eigenvalue weighted by Gasteiger charge is 2.45. The molecular weight excluding hydrogens is 1160 g/mol. The second kappa shape index (κ2) is 28.0. The molecule has 4 amide bonds. The number of piperazine rings is 1. The van der Waals surface area contributed by atoms with Crippen LogP contribution in [0.25, 0.3) is 43.2 Å². The molecule has 4 heterocycles. The summed E-state index contributed by atoms with van der Waals surface area (Å²) < 4.78 is 45.6. The number of anilines is 3. The number of thiazole rings is 1. The third-order valence-electron chi connectivity index (χ3n) is 14.9. The number of hydrogen-bond donors (Lipinski definition) is 5. The summed E-state index contributed by atoms with van der Waals surface area (Å²) in [5.74, 6) is -1.00. The van der Waals surface area contributed by atoms with Crippen molar-refractivity contribution in [3.63, 3.8) is 0 Å². The van der Waals surface area contributed by atoms with Gasteiger partial charge in [0.15, 0.2) is 5.82 Å². The molecule has 0 spiro atoms. The number of benzene rings is 5. The number of aromatic nitrogens is 3. The van der Waals surface area contributed by atoms with Crippen molar-refractivity contribution in [2.45, 2.75) is 91.6 Å². The second-order valence-electron chi connectivity index (χ2n) is 23.6. The quantitative estimate of drug-likeness (QED) is 0.0397. The Labute approximate surface area is 514 Å². The molecule has 2 fully saturated rings. The van der Waals surface area contributed by atoms with Crippen molar-refractivity contribution in [1.29, 1.82) is 0 Å². The van der Waals surface area contributed by atoms with E-state index in [1.807, 2.05) is 109 Å². The van der Waals surface area contributed by atoms with Crippen molar-refractivity contribution >= 4 is 85.9 Å². The van der Waals surface area contributed by atoms with Gasteiger partial charge in [0.05, 0.1) is 66.3 Å². The van der Waals surface area contributed by atoms with Gasteiger partial charge in [-0.15, -0.1) is 11.3 Å². The van der Waals surface area contributed by atoms with Crippen LogP contribution >= 0.6 is 22.9 Å². The fourth-order valence-corrected chi connectivity index (χ4v) is 11.6. The molecule has 0 bridgehead atoms. The van der Waals surface area contributed by atoms with Gasteiger partial charge in [-0.3, -0.25) is 14.4 Å². The number of phenols is 1. The van der Waals surface area contributed by atoms with E-state index in [9.17, 15) is 29.4 Å². The van der Waals surface area contributed by atoms with Crippen molar-refractivity contribution in [1.82, 2.24) is 35.4 Å². The number of aliphatic hydroxyl groups excluding tert-OH is 1. The summed E-state index contributed by atoms with van der Waals surface area (Å²) in [7, 11) is 0. The molecule has 2 aromatic heterocycles. The topological polar surface area (TPSA) is 239 Å². The summed E-state index contributed by atoms with van der Waals surface area (Å²) in [5, 5.41) is 32.3. The molecule has 7 aromatic rings. The Morgan fingerprint density at radius 2 is 1.51 bits per heavy atom. The third-order valence-corrected chi connectivity index (χ3v) is 16.1. The van der Waals surface area contributed by atoms with Gasteiger partial charge in [0.1, 0.15) is 53.7 Å². The van der Waals surface area contributed by atoms with Crippen LogP contribution in [0.15, 0.2) is 96.5 Å². The predicted octanol–water partition coefficient (Wildman–Crippen LogP) is 9.98. The molecule has 5 N–H and O–H groups in total. The number of nitrogens with zero attached hydrogens (tertiary/aromatic N) is 6. The maximum absolute atomic E-state index is 17.2. The Balaban J connectivity index is 0.716. The largest absolute Gasteiger partial charge is 0.508 e. The molecule has 20 nitrogen and oxygen atoms in total. The number of rotatable bonds is 22. The minimum Gasteiger partial charge on any atom is -0.508 e. The van der Waals surface area contributed by atoms with Crippen LogP contribution < -0.4 is 25.6 Å². The van der Waals surface area contributed by atoms with E-state index in [4.69, 9.17) is 45.3 Å². The number of halogens is 2. The average molecular weight is 1230 g/mol. The van der Waals surface area contributed by atoms with Crippen LogP contribution in [0, 0.1) is 18.2 Å². The van der Waals surface area contributed by atoms with Crippen molar-refractivity contribution in [3.05, 3.63) is 119 Å². The van der Waals surface area contributed by atoms with E-state index in [-0.39, 0.29) is 93.1 Å². The number of nitrogens with one attached hydrogen (secondary N) is 3. The van der Waals surface area contributed by atoms with E-state index >= 15 is 4.39 Å². The number of fused-ring (bicyclic) bond motifs is 2. The lowest BCUT2D eigenvalue weighted by Gasteiger charge is -2.36. The van der Waals surface area contributed by atoms with Crippen LogP contribution in [-0.4, -0.2) is 162 Å². The molecule has 0 aliphatic carbocycles. The molecule has 9 rings (SSSR count). The minimum absolute atomic E-state index is 0.0103. The highest BCUT2D eigenvalue weighted by molar-refractivity contribution is 7.13. The number of β-amino-alcohol motifs (C(OH)–C–C–N with tert-alkyl or cyclic N) is 1. The molecule has 2 aliphatic rings. The van der Waals surface area contributed by atoms with Gasteiger partial charge in [0.25, 0.3) is 0 Å². The molecule has 2 aliphatic heterocycles. The van der Waals surface area contributed by atoms with Crippen molar-refractivity contribution < 1.29 is 57.5 Å². The fraction of sp³-hybridized carbons (Fsp3) is 0.422. The van der Waals surface area contributed by atoms with Crippen molar-refractivity contribution in [3.8, 4) is 33.1 Å². The van der Waals surface area contributed by atoms with Crippen molar-refractivity contribution in [2.75, 3.05) is 89.2 Å². The zero-order valence-electron chi connectivity index (χ0n) is 50.2. The lowest BCUT2D eigenvalue weighted by molar-refractivity contribution is -0.144. The Bertz CT molecular complexity index is 3570. The zero-order valence-corrected chi connectivity index (χ0v) is 51.7. The number of phenolic OH excluding ortho intramolecular Hbond substituents is 1. The van der Waals surface area contributed by atoms with Gasteiger partial charge in [-0.05, 0) is 110 Å². The first-order chi connectivity index (χ1) is 41.5. The van der Waals surface area contributed by atoms with Gasteiger partial charge in [0.2, 0.25) is 23.7 Å². The Hall–Kier alpha value is -7.73. The third kappa shape index (κ3) is 16.1. The van der Waals surface area contributed by atoms with Gasteiger partial charge >= 0.3 is 6.09 Å². The molecular formula is C64H75ClFN9O11S. The van der Waals surface area contributed by atoms with Crippen LogP contribution in [0.3, 0.4) is 0 Å². The Kier molecular flexibility index (Phi) is 20.5. The van der Waals surface area contributed by atoms with Gasteiger partial charge in [-0.25, -0.2) is 19.2 Å². The van der Waals surface area contributed by atoms with E-state index < -0.39 is 58.8 Å². The molecule has 0 saturated carbocycles. The SMILES string of the molecule is Cc1ncsc1-c1ccc([C@H](C)NC(=O)[C@@H]2C[C@@H](O)CN2C(=O)[C@@H](NC(=O)COCCOCCOCCOc2ccc(Nc3nc(N4CCN(C(=O)OC(C)(C)C)CC4)c4cc(Cl)c(-c5cc(O)cc6ccccc56)c(F)c4n3)cc2)C(C)(C)C)cc1. The van der Waals surface area contributed by atoms with Gasteiger partial charge in [0, 0.05) is 55.8 Å². The average Bonchev–Trinajstić information content (AvgIpc) is 1.70. The Morgan fingerprint density at radius 1 is 0.828 bits per heavy atom. The number of carbonyl (C=O) groups excluding carboxylic acids is 4. The van der Waals surface area contributed by atoms with Gasteiger partial charge < -0.3 is 64.5 Å². The Morgan fingerprint density at radius 3 is 2.17 bits per heavy atom. The molecule has 0 unspecified atom stereocenters. The standard InChI is InChI=1S/C64H75ClFN9O11S/c1-38(40-13-15-41(16-14-40)56-39(2)67-37-87-56)68-59(79)51-33-45(77)35-75(51)60(80)57(63(3,4)5)70-52(78)36-84-28-27-82-25-26-83-29-30-85-46-19-17-43(18-20-46)69-61-71-55-49(58(72-61)73-21-23-74(24-22-73)62(81)86-64(6,7)8)34-50(65)53(54(55)66)48-32-44(76)31-42-11-9-10-12-47(42)48/h9-20,31-32,34,37-38,45,51,57,76-77H,21-30,33,35-36H2,1-8H3,(H,68,79)(H,70,78)(H,69,71,72)/t38-,45+,51-,57+/m0/s1. The number of aromatic hydroxyl groups is 1. The lowest BCUT2D eigenvalue weighted by Crippen LogP contribution is -2.58. The monoisotopic (exact) mass is 1230 g/mol. The maximum atomic E-state index is 17.2. The molecule has 0 radical (unpaired) electrons. The number of aliphatic hydroxyl groups is 1. The summed E-state index contributed by atoms with van der Waals surface area (Å²) in [5.41, 5.74) is 4.37. The first-order valence-corrected chi connectivity index (χ1v) is 30.2. The number of ether oxygens (including phenoxy) is 5. The van der Waals surface area contributed by atoms with E-state index in [0.717, 1.165) is 21.7 Å². The van der Waals surface area contributed by atoms with Crippen molar-refractivity contribution in [2.24, 2.45) is 5.41 Å². The summed E-state index contributed by atoms with van der Waals surface area (Å²) in [6, 6.07) is 24.7. The maximum Gasteiger partial charge on any atom is 0.410 e. The van der Waals surface area contributed by atoms with E-state index in [1.54, 1.807) is 58.1 Å². The second-order valence-corrected chi connectivity index (χ2v) is 24.9. The minimum atomic E-state index is -1.01. The molecule has 87 heavy (non-hydrogen) atoms. The van der Waals surface area contributed by atoms with Crippen LogP contribution in [-0.2, 0) is 33.3 Å². The van der Waals surface area contributed by atoms with Crippen LogP contribution in [0.5, 0.6) is 11.5 Å². The highest BCUT2D eigenvalue weighted by atomic mass is 35.5. The number of likely N-dealkylation sites (tertiary alicyclic amines) is 1.